The van der Waals surface area contributed by atoms with Crippen molar-refractivity contribution in [3.8, 4) is 67.5 Å². The molecule has 127 heavy (non-hydrogen) atoms. The summed E-state index contributed by atoms with van der Waals surface area (Å²) in [5.74, 6) is -8.30. The van der Waals surface area contributed by atoms with E-state index in [0.29, 0.717) is 101 Å². The second kappa shape index (κ2) is 33.9. The number of carbonyl (C=O) groups is 16. The van der Waals surface area contributed by atoms with E-state index in [4.69, 9.17) is 14.2 Å². The first-order valence-electron chi connectivity index (χ1n) is 38.2. The van der Waals surface area contributed by atoms with Crippen LogP contribution in [0.1, 0.15) is 139 Å². The standard InChI is InChI=1S/2C15H12N4O4.C14H13N3O3.2C13H10N4O3.C12H10N4O4S/c20-13-10-4-2-1-3-9(10)11-12(14(13)21)19(17-16-11)15(22)18-5-7-23-8-6-18;20-13-10-4-2-1-3-9(10)11-12(14(13)21)17-19(16-11)15(22)18-5-7-23-8-6-18;1-14(2,20-3)17-15-10-8-6-4-5-7-9(8)12(18)13(19)11(10)16-17;1-16(2)13(20)17-10-9(14-15-17)7-5-3-4-6-8(7)11(18)12(10)19;1-16(2)13(20)17-14-9-7-5-3-4-6-8(7)11(18)12(19)10(9)15-17;1-15(2)21(19,20)16-13-9-7-5-3-4-6-8(7)11(17)12(18)10(9)14-16/h2*1-4H,5-8H2;4-7H,1-3H3;2*3-6H,1-2H3;3-6H,1-2H3. The highest BCUT2D eigenvalue weighted by Crippen LogP contribution is 2.38. The van der Waals surface area contributed by atoms with Crippen LogP contribution in [0.5, 0.6) is 0 Å². The van der Waals surface area contributed by atoms with E-state index in [-0.39, 0.29) is 90.5 Å². The third-order valence-corrected chi connectivity index (χ3v) is 22.0. The first-order valence-corrected chi connectivity index (χ1v) is 39.6. The largest absolute Gasteiger partial charge is 0.378 e. The summed E-state index contributed by atoms with van der Waals surface area (Å²) in [5.41, 5.74) is 5.16. The Kier molecular flexibility index (Phi) is 22.9. The number of hydrogen-bond donors (Lipinski definition) is 0. The number of morpholine rings is 2. The van der Waals surface area contributed by atoms with Gasteiger partial charge < -0.3 is 33.8 Å². The molecule has 0 saturated carbocycles. The van der Waals surface area contributed by atoms with Crippen molar-refractivity contribution in [1.29, 1.82) is 0 Å². The number of fused-ring (bicyclic) bond motifs is 18. The molecular formula is C82H67N23O21S. The van der Waals surface area contributed by atoms with Crippen molar-refractivity contribution in [3.63, 3.8) is 0 Å². The molecule has 2 aliphatic heterocycles. The van der Waals surface area contributed by atoms with Crippen LogP contribution >= 0.6 is 0 Å². The Morgan fingerprint density at radius 3 is 0.984 bits per heavy atom. The minimum atomic E-state index is -3.95. The number of hydrogen-bond acceptors (Lipinski definition) is 33. The SMILES string of the molecule is CN(C)C(=O)n1nc2c(n1)-c1ccccc1C(=O)C2=O.CN(C)C(=O)n1nnc2c1C(=O)C(=O)c1ccccc1-2.CN(C)S(=O)(=O)n1nc2c(n1)-c1ccccc1C(=O)C2=O.COC(C)(C)n1nc2c(n1)-c1ccccc1C(=O)C2=O.O=C1C(=O)c2c(nnn2C(=O)N2CCOCC2)-c2ccccc21.O=C1C(=O)c2nn(C(=O)N3CCOCC3)nc2-c2ccccc21. The highest BCUT2D eigenvalue weighted by Gasteiger charge is 2.44. The molecule has 12 aromatic rings. The summed E-state index contributed by atoms with van der Waals surface area (Å²) in [4.78, 5) is 203. The van der Waals surface area contributed by atoms with E-state index >= 15 is 0 Å². The van der Waals surface area contributed by atoms with Gasteiger partial charge in [-0.05, 0) is 13.8 Å². The van der Waals surface area contributed by atoms with E-state index in [9.17, 15) is 85.1 Å². The monoisotopic (exact) mass is 1740 g/mol. The van der Waals surface area contributed by atoms with Gasteiger partial charge in [-0.1, -0.05) is 170 Å². The molecule has 0 N–H and O–H groups in total. The Morgan fingerprint density at radius 1 is 0.339 bits per heavy atom. The van der Waals surface area contributed by atoms with Gasteiger partial charge in [0.05, 0.1) is 26.4 Å². The lowest BCUT2D eigenvalue weighted by Gasteiger charge is -2.26. The summed E-state index contributed by atoms with van der Waals surface area (Å²) in [6.07, 6.45) is 0. The molecule has 4 amide bonds. The predicted molar refractivity (Wildman–Crippen MR) is 434 cm³/mol. The van der Waals surface area contributed by atoms with E-state index in [1.807, 2.05) is 0 Å². The fourth-order valence-electron chi connectivity index (χ4n) is 13.7. The lowest BCUT2D eigenvalue weighted by molar-refractivity contribution is -0.0658. The van der Waals surface area contributed by atoms with Crippen LogP contribution in [-0.4, -0.2) is 317 Å². The number of ketones is 12. The van der Waals surface area contributed by atoms with Crippen LogP contribution in [0.4, 0.5) is 19.2 Å². The summed E-state index contributed by atoms with van der Waals surface area (Å²) >= 11 is 0. The van der Waals surface area contributed by atoms with Crippen LogP contribution in [0.25, 0.3) is 67.5 Å². The predicted octanol–water partition coefficient (Wildman–Crippen LogP) is 4.60. The molecule has 8 heterocycles. The van der Waals surface area contributed by atoms with Gasteiger partial charge >= 0.3 is 34.3 Å². The number of benzene rings is 6. The van der Waals surface area contributed by atoms with Crippen molar-refractivity contribution >= 4 is 104 Å². The van der Waals surface area contributed by atoms with Gasteiger partial charge in [-0.15, -0.1) is 51.0 Å². The number of methoxy groups -OCH3 is 1. The van der Waals surface area contributed by atoms with E-state index < -0.39 is 109 Å². The van der Waals surface area contributed by atoms with Gasteiger partial charge in [0.25, 0.3) is 34.7 Å². The van der Waals surface area contributed by atoms with Gasteiger partial charge in [-0.2, -0.15) is 26.9 Å². The van der Waals surface area contributed by atoms with Crippen molar-refractivity contribution in [2.24, 2.45) is 0 Å². The Bertz CT molecular complexity index is 6830. The summed E-state index contributed by atoms with van der Waals surface area (Å²) < 4.78 is 42.9. The van der Waals surface area contributed by atoms with Crippen LogP contribution in [0.15, 0.2) is 146 Å². The smallest absolute Gasteiger partial charge is 0.362 e. The molecule has 6 aromatic heterocycles. The fourth-order valence-corrected chi connectivity index (χ4v) is 14.4. The molecule has 2 fully saturated rings. The van der Waals surface area contributed by atoms with Crippen LogP contribution in [0, 0.1) is 0 Å². The zero-order chi connectivity index (χ0) is 90.7. The maximum absolute atomic E-state index is 12.6. The van der Waals surface area contributed by atoms with Crippen LogP contribution < -0.4 is 0 Å². The van der Waals surface area contributed by atoms with Gasteiger partial charge in [0.2, 0.25) is 34.7 Å². The third kappa shape index (κ3) is 15.3. The molecule has 8 aliphatic rings. The van der Waals surface area contributed by atoms with Gasteiger partial charge in [-0.25, -0.2) is 19.2 Å². The molecule has 0 radical (unpaired) electrons. The molecule has 6 aromatic carbocycles. The minimum Gasteiger partial charge on any atom is -0.378 e. The van der Waals surface area contributed by atoms with Crippen molar-refractivity contribution in [3.05, 3.63) is 213 Å². The van der Waals surface area contributed by atoms with Crippen LogP contribution in [0.2, 0.25) is 0 Å². The third-order valence-electron chi connectivity index (χ3n) is 20.5. The van der Waals surface area contributed by atoms with Crippen molar-refractivity contribution < 1.29 is 99.3 Å². The second-order valence-corrected chi connectivity index (χ2v) is 31.3. The molecule has 0 unspecified atom stereocenters. The van der Waals surface area contributed by atoms with E-state index in [1.165, 1.54) is 60.9 Å². The second-order valence-electron chi connectivity index (χ2n) is 29.4. The first-order chi connectivity index (χ1) is 60.7. The topological polar surface area (TPSA) is 535 Å². The average Bonchev–Trinajstić information content (AvgIpc) is 1.59. The number of amides is 4. The maximum Gasteiger partial charge on any atom is 0.362 e. The van der Waals surface area contributed by atoms with Gasteiger partial charge in [-0.3, -0.25) is 57.5 Å². The highest BCUT2D eigenvalue weighted by atomic mass is 32.2. The lowest BCUT2D eigenvalue weighted by atomic mass is 9.90. The number of carbonyl (C=O) groups excluding carboxylic acids is 16. The zero-order valence-corrected chi connectivity index (χ0v) is 69.1. The normalized spacial score (nSPS) is 14.8. The number of nitrogens with zero attached hydrogens (tertiary/aromatic N) is 23. The first kappa shape index (κ1) is 85.8. The lowest BCUT2D eigenvalue weighted by Crippen LogP contribution is -2.44. The molecule has 20 rings (SSSR count). The molecule has 2 saturated heterocycles. The molecule has 0 bridgehead atoms. The van der Waals surface area contributed by atoms with Crippen molar-refractivity contribution in [2.45, 2.75) is 19.6 Å². The van der Waals surface area contributed by atoms with Gasteiger partial charge in [0.15, 0.2) is 39.9 Å². The van der Waals surface area contributed by atoms with Crippen LogP contribution in [-0.2, 0) is 30.1 Å². The van der Waals surface area contributed by atoms with Crippen molar-refractivity contribution in [1.82, 2.24) is 113 Å². The zero-order valence-electron chi connectivity index (χ0n) is 68.3. The number of rotatable bonds is 4. The summed E-state index contributed by atoms with van der Waals surface area (Å²) in [6.45, 7) is 7.01. The Labute approximate surface area is 715 Å². The van der Waals surface area contributed by atoms with E-state index in [1.54, 1.807) is 172 Å². The van der Waals surface area contributed by atoms with Crippen molar-refractivity contribution in [2.75, 3.05) is 102 Å². The van der Waals surface area contributed by atoms with E-state index in [0.717, 1.165) is 23.3 Å². The molecule has 0 atom stereocenters. The van der Waals surface area contributed by atoms with Gasteiger partial charge in [0, 0.05) is 142 Å². The minimum absolute atomic E-state index is 0.0646. The summed E-state index contributed by atoms with van der Waals surface area (Å²) in [7, 11) is 6.37. The molecule has 44 nitrogen and oxygen atoms in total. The Morgan fingerprint density at radius 2 is 0.614 bits per heavy atom. The fraction of sp³-hybridized carbons (Fsp3) is 0.220. The quantitative estimate of drug-likeness (QED) is 0.217. The molecular weight excluding hydrogens is 1680 g/mol. The van der Waals surface area contributed by atoms with Gasteiger partial charge in [0.1, 0.15) is 34.2 Å². The molecule has 6 aliphatic carbocycles. The average molecular weight is 1740 g/mol. The summed E-state index contributed by atoms with van der Waals surface area (Å²) in [6, 6.07) is 38.0. The highest BCUT2D eigenvalue weighted by molar-refractivity contribution is 7.87. The molecule has 0 spiro atoms. The summed E-state index contributed by atoms with van der Waals surface area (Å²) in [5, 5.41) is 47.4. The number of aromatic nitrogens is 18. The van der Waals surface area contributed by atoms with Crippen LogP contribution in [0.3, 0.4) is 0 Å². The molecule has 642 valence electrons. The number of Topliss-reactive ketones (excluding diaryl/α,β-unsaturated/α-hetero) is 12. The number of ether oxygens (including phenoxy) is 3. The molecule has 45 heteroatoms. The Hall–Kier alpha value is -16.1. The van der Waals surface area contributed by atoms with E-state index in [2.05, 4.69) is 61.4 Å². The Balaban J connectivity index is 0.000000118. The maximum atomic E-state index is 12.6.